The van der Waals surface area contributed by atoms with Crippen molar-refractivity contribution in [1.82, 2.24) is 30.0 Å². The zero-order valence-electron chi connectivity index (χ0n) is 12.8. The van der Waals surface area contributed by atoms with Crippen molar-refractivity contribution in [3.63, 3.8) is 0 Å². The van der Waals surface area contributed by atoms with Crippen LogP contribution in [0.25, 0.3) is 0 Å². The average Bonchev–Trinajstić information content (AvgIpc) is 2.82. The van der Waals surface area contributed by atoms with Crippen LogP contribution >= 0.6 is 11.8 Å². The Morgan fingerprint density at radius 3 is 2.68 bits per heavy atom. The number of urea groups is 1. The van der Waals surface area contributed by atoms with E-state index in [9.17, 15) is 4.79 Å². The van der Waals surface area contributed by atoms with Crippen molar-refractivity contribution in [2.75, 3.05) is 17.6 Å². The minimum atomic E-state index is -0.298. The highest BCUT2D eigenvalue weighted by atomic mass is 32.2. The molecule has 8 nitrogen and oxygen atoms in total. The van der Waals surface area contributed by atoms with Crippen LogP contribution in [0.5, 0.6) is 0 Å². The Kier molecular flexibility index (Phi) is 5.70. The van der Waals surface area contributed by atoms with Crippen LogP contribution in [0.4, 0.5) is 10.7 Å². The predicted octanol–water partition coefficient (Wildman–Crippen LogP) is 1.53. The van der Waals surface area contributed by atoms with Crippen LogP contribution in [0.15, 0.2) is 17.6 Å². The molecular weight excluding hydrogens is 302 g/mol. The van der Waals surface area contributed by atoms with Crippen molar-refractivity contribution >= 4 is 23.7 Å². The summed E-state index contributed by atoms with van der Waals surface area (Å²) in [6.07, 6.45) is 2.50. The number of carbonyl (C=O) groups is 1. The summed E-state index contributed by atoms with van der Waals surface area (Å²) in [6, 6.07) is 1.56. The van der Waals surface area contributed by atoms with Gasteiger partial charge in [-0.3, -0.25) is 5.32 Å². The minimum absolute atomic E-state index is 0.298. The molecule has 2 aromatic rings. The Morgan fingerprint density at radius 1 is 1.32 bits per heavy atom. The van der Waals surface area contributed by atoms with Crippen LogP contribution in [-0.2, 0) is 7.05 Å². The Labute approximate surface area is 133 Å². The summed E-state index contributed by atoms with van der Waals surface area (Å²) in [5, 5.41) is 14.1. The van der Waals surface area contributed by atoms with Crippen LogP contribution < -0.4 is 10.6 Å². The van der Waals surface area contributed by atoms with Gasteiger partial charge >= 0.3 is 6.03 Å². The number of amides is 2. The maximum Gasteiger partial charge on any atom is 0.321 e. The van der Waals surface area contributed by atoms with Gasteiger partial charge in [-0.15, -0.1) is 10.2 Å². The topological polar surface area (TPSA) is 97.6 Å². The van der Waals surface area contributed by atoms with Crippen LogP contribution in [-0.4, -0.2) is 43.1 Å². The van der Waals surface area contributed by atoms with E-state index in [1.165, 1.54) is 0 Å². The first-order valence-corrected chi connectivity index (χ1v) is 7.87. The number of anilines is 1. The number of nitrogens with zero attached hydrogens (tertiary/aromatic N) is 5. The minimum Gasteiger partial charge on any atom is -0.338 e. The molecule has 2 amide bonds. The van der Waals surface area contributed by atoms with E-state index in [-0.39, 0.29) is 6.03 Å². The molecule has 2 aromatic heterocycles. The van der Waals surface area contributed by atoms with Crippen LogP contribution in [0.2, 0.25) is 0 Å². The fourth-order valence-electron chi connectivity index (χ4n) is 1.77. The third kappa shape index (κ3) is 4.99. The standard InChI is InChI=1S/C13H19N7OS/c1-9-7-10(2)17-11(16-9)18-12(21)14-5-4-6-22-13-19-15-8-20(13)3/h7-8H,4-6H2,1-3H3,(H2,14,16,17,18,21). The second kappa shape index (κ2) is 7.74. The Bertz CT molecular complexity index is 623. The number of nitrogens with one attached hydrogen (secondary N) is 2. The third-order valence-corrected chi connectivity index (χ3v) is 3.84. The molecule has 22 heavy (non-hydrogen) atoms. The lowest BCUT2D eigenvalue weighted by Crippen LogP contribution is -2.30. The molecule has 0 atom stereocenters. The zero-order valence-corrected chi connectivity index (χ0v) is 13.6. The van der Waals surface area contributed by atoms with Crippen molar-refractivity contribution in [1.29, 1.82) is 0 Å². The number of aromatic nitrogens is 5. The van der Waals surface area contributed by atoms with E-state index in [0.29, 0.717) is 12.5 Å². The van der Waals surface area contributed by atoms with E-state index >= 15 is 0 Å². The zero-order chi connectivity index (χ0) is 15.9. The lowest BCUT2D eigenvalue weighted by atomic mass is 10.4. The van der Waals surface area contributed by atoms with Crippen molar-refractivity contribution < 1.29 is 4.79 Å². The van der Waals surface area contributed by atoms with Crippen LogP contribution in [0.1, 0.15) is 17.8 Å². The Balaban J connectivity index is 1.66. The first kappa shape index (κ1) is 16.2. The second-order valence-corrected chi connectivity index (χ2v) is 5.84. The molecule has 0 aromatic carbocycles. The highest BCUT2D eigenvalue weighted by Gasteiger charge is 2.05. The summed E-state index contributed by atoms with van der Waals surface area (Å²) < 4.78 is 1.86. The van der Waals surface area contributed by atoms with E-state index in [1.807, 2.05) is 31.5 Å². The quantitative estimate of drug-likeness (QED) is 0.618. The molecule has 0 aliphatic rings. The largest absolute Gasteiger partial charge is 0.338 e. The summed E-state index contributed by atoms with van der Waals surface area (Å²) in [4.78, 5) is 20.1. The van der Waals surface area contributed by atoms with Gasteiger partial charge in [-0.05, 0) is 26.3 Å². The third-order valence-electron chi connectivity index (χ3n) is 2.72. The summed E-state index contributed by atoms with van der Waals surface area (Å²) in [5.74, 6) is 1.18. The molecule has 0 saturated carbocycles. The summed E-state index contributed by atoms with van der Waals surface area (Å²) in [5.41, 5.74) is 1.64. The fraction of sp³-hybridized carbons (Fsp3) is 0.462. The first-order chi connectivity index (χ1) is 10.5. The molecule has 0 aliphatic heterocycles. The molecule has 0 spiro atoms. The molecule has 0 radical (unpaired) electrons. The second-order valence-electron chi connectivity index (χ2n) is 4.78. The SMILES string of the molecule is Cc1cc(C)nc(NC(=O)NCCCSc2nncn2C)n1. The van der Waals surface area contributed by atoms with Gasteiger partial charge in [0, 0.05) is 30.7 Å². The van der Waals surface area contributed by atoms with Gasteiger partial charge in [-0.2, -0.15) is 0 Å². The van der Waals surface area contributed by atoms with Crippen molar-refractivity contribution in [2.24, 2.45) is 7.05 Å². The van der Waals surface area contributed by atoms with Gasteiger partial charge < -0.3 is 9.88 Å². The maximum atomic E-state index is 11.7. The van der Waals surface area contributed by atoms with Crippen molar-refractivity contribution in [3.05, 3.63) is 23.8 Å². The number of hydrogen-bond acceptors (Lipinski definition) is 6. The average molecular weight is 321 g/mol. The molecule has 0 aliphatic carbocycles. The van der Waals surface area contributed by atoms with E-state index in [1.54, 1.807) is 18.1 Å². The van der Waals surface area contributed by atoms with Gasteiger partial charge in [-0.25, -0.2) is 14.8 Å². The van der Waals surface area contributed by atoms with E-state index < -0.39 is 0 Å². The van der Waals surface area contributed by atoms with Gasteiger partial charge in [0.1, 0.15) is 6.33 Å². The molecular formula is C13H19N7OS. The molecule has 0 unspecified atom stereocenters. The van der Waals surface area contributed by atoms with Gasteiger partial charge in [0.25, 0.3) is 0 Å². The smallest absolute Gasteiger partial charge is 0.321 e. The fourth-order valence-corrected chi connectivity index (χ4v) is 2.60. The molecule has 2 N–H and O–H groups in total. The molecule has 2 heterocycles. The maximum absolute atomic E-state index is 11.7. The van der Waals surface area contributed by atoms with Gasteiger partial charge in [0.15, 0.2) is 5.16 Å². The number of hydrogen-bond donors (Lipinski definition) is 2. The number of carbonyl (C=O) groups excluding carboxylic acids is 1. The van der Waals surface area contributed by atoms with Crippen molar-refractivity contribution in [3.8, 4) is 0 Å². The molecule has 0 fully saturated rings. The molecule has 0 bridgehead atoms. The number of aryl methyl sites for hydroxylation is 3. The monoisotopic (exact) mass is 321 g/mol. The Morgan fingerprint density at radius 2 is 2.05 bits per heavy atom. The molecule has 9 heteroatoms. The van der Waals surface area contributed by atoms with Gasteiger partial charge in [0.05, 0.1) is 0 Å². The first-order valence-electron chi connectivity index (χ1n) is 6.88. The normalized spacial score (nSPS) is 10.5. The summed E-state index contributed by atoms with van der Waals surface area (Å²) in [6.45, 7) is 4.30. The van der Waals surface area contributed by atoms with Crippen LogP contribution in [0, 0.1) is 13.8 Å². The lowest BCUT2D eigenvalue weighted by Gasteiger charge is -2.07. The summed E-state index contributed by atoms with van der Waals surface area (Å²) >= 11 is 1.61. The molecule has 0 saturated heterocycles. The van der Waals surface area contributed by atoms with E-state index in [0.717, 1.165) is 28.7 Å². The number of thioether (sulfide) groups is 1. The lowest BCUT2D eigenvalue weighted by molar-refractivity contribution is 0.252. The van der Waals surface area contributed by atoms with Crippen molar-refractivity contribution in [2.45, 2.75) is 25.4 Å². The molecule has 118 valence electrons. The highest BCUT2D eigenvalue weighted by molar-refractivity contribution is 7.99. The predicted molar refractivity (Wildman–Crippen MR) is 84.9 cm³/mol. The Hall–Kier alpha value is -2.16. The van der Waals surface area contributed by atoms with Gasteiger partial charge in [-0.1, -0.05) is 11.8 Å². The summed E-state index contributed by atoms with van der Waals surface area (Å²) in [7, 11) is 1.90. The van der Waals surface area contributed by atoms with E-state index in [2.05, 4.69) is 30.8 Å². The van der Waals surface area contributed by atoms with E-state index in [4.69, 9.17) is 0 Å². The molecule has 2 rings (SSSR count). The van der Waals surface area contributed by atoms with Gasteiger partial charge in [0.2, 0.25) is 5.95 Å². The van der Waals surface area contributed by atoms with Crippen LogP contribution in [0.3, 0.4) is 0 Å². The highest BCUT2D eigenvalue weighted by Crippen LogP contribution is 2.13. The number of rotatable bonds is 6.